The zero-order chi connectivity index (χ0) is 14.1. The van der Waals surface area contributed by atoms with Gasteiger partial charge in [0.05, 0.1) is 0 Å². The van der Waals surface area contributed by atoms with Gasteiger partial charge in [-0.3, -0.25) is 0 Å². The average Bonchev–Trinajstić information content (AvgIpc) is 3.40. The van der Waals surface area contributed by atoms with Crippen LogP contribution in [-0.2, 0) is 4.74 Å². The second kappa shape index (κ2) is 19.4. The van der Waals surface area contributed by atoms with Gasteiger partial charge in [-0.2, -0.15) is 0 Å². The van der Waals surface area contributed by atoms with Crippen LogP contribution in [0.25, 0.3) is 0 Å². The number of hydrogen-bond donors (Lipinski definition) is 0. The predicted octanol–water partition coefficient (Wildman–Crippen LogP) is 3.86. The van der Waals surface area contributed by atoms with E-state index in [2.05, 4.69) is 0 Å². The fourth-order valence-electron chi connectivity index (χ4n) is 1.47. The first kappa shape index (κ1) is 22.3. The standard InChI is InChI=1S/3C5H5.C4H8O.Nd/c4*1-2-4-5-3-1;/h3*1-5H;1-4H2;. The summed E-state index contributed by atoms with van der Waals surface area (Å²) in [5.41, 5.74) is 0. The molecule has 1 heterocycles. The Balaban J connectivity index is 0.000000250. The summed E-state index contributed by atoms with van der Waals surface area (Å²) in [5.74, 6) is 0. The quantitative estimate of drug-likeness (QED) is 0.588. The van der Waals surface area contributed by atoms with Crippen LogP contribution in [0.4, 0.5) is 0 Å². The van der Waals surface area contributed by atoms with Crippen LogP contribution in [0, 0.1) is 137 Å². The van der Waals surface area contributed by atoms with Gasteiger partial charge in [0.15, 0.2) is 0 Å². The molecule has 1 aliphatic heterocycles. The second-order valence-corrected chi connectivity index (χ2v) is 4.21. The van der Waals surface area contributed by atoms with Crippen molar-refractivity contribution in [1.29, 1.82) is 0 Å². The summed E-state index contributed by atoms with van der Waals surface area (Å²) < 4.78 is 4.94. The molecule has 4 fully saturated rings. The first-order valence-electron chi connectivity index (χ1n) is 7.08. The molecular weight excluding hydrogens is 388 g/mol. The van der Waals surface area contributed by atoms with Crippen molar-refractivity contribution in [2.45, 2.75) is 12.8 Å². The van der Waals surface area contributed by atoms with E-state index in [0.29, 0.717) is 0 Å². The molecule has 21 heavy (non-hydrogen) atoms. The predicted molar refractivity (Wildman–Crippen MR) is 84.6 cm³/mol. The molecule has 1 nitrogen and oxygen atoms in total. The van der Waals surface area contributed by atoms with Gasteiger partial charge >= 0.3 is 0 Å². The van der Waals surface area contributed by atoms with E-state index in [1.165, 1.54) is 12.8 Å². The van der Waals surface area contributed by atoms with E-state index in [1.807, 2.05) is 96.3 Å². The molecule has 3 aliphatic carbocycles. The first-order chi connectivity index (χ1) is 10.0. The van der Waals surface area contributed by atoms with E-state index >= 15 is 0 Å². The van der Waals surface area contributed by atoms with Gasteiger partial charge in [-0.05, 0) is 109 Å². The topological polar surface area (TPSA) is 9.23 Å². The Morgan fingerprint density at radius 1 is 0.381 bits per heavy atom. The molecule has 0 spiro atoms. The summed E-state index contributed by atoms with van der Waals surface area (Å²) in [7, 11) is 0. The third-order valence-corrected chi connectivity index (χ3v) is 2.49. The molecule has 0 aromatic heterocycles. The zero-order valence-corrected chi connectivity index (χ0v) is 15.6. The van der Waals surface area contributed by atoms with E-state index < -0.39 is 0 Å². The normalized spacial score (nSPS) is 22.9. The smallest absolute Gasteiger partial charge is 0.0466 e. The van der Waals surface area contributed by atoms with Crippen LogP contribution in [0.3, 0.4) is 0 Å². The van der Waals surface area contributed by atoms with E-state index in [4.69, 9.17) is 4.74 Å². The summed E-state index contributed by atoms with van der Waals surface area (Å²) >= 11 is 0. The molecule has 0 atom stereocenters. The first-order valence-corrected chi connectivity index (χ1v) is 7.08. The van der Waals surface area contributed by atoms with Gasteiger partial charge in [-0.25, -0.2) is 0 Å². The van der Waals surface area contributed by atoms with Crippen LogP contribution in [0.5, 0.6) is 0 Å². The number of ether oxygens (including phenoxy) is 1. The number of hydrogen-bond acceptors (Lipinski definition) is 1. The Kier molecular flexibility index (Phi) is 20.6. The van der Waals surface area contributed by atoms with Crippen molar-refractivity contribution in [2.24, 2.45) is 0 Å². The molecule has 0 unspecified atom stereocenters. The van der Waals surface area contributed by atoms with Crippen molar-refractivity contribution in [3.05, 3.63) is 96.3 Å². The summed E-state index contributed by atoms with van der Waals surface area (Å²) in [4.78, 5) is 0. The second-order valence-electron chi connectivity index (χ2n) is 4.21. The van der Waals surface area contributed by atoms with Crippen LogP contribution in [0.15, 0.2) is 0 Å². The van der Waals surface area contributed by atoms with Gasteiger partial charge in [0.1, 0.15) is 0 Å². The Morgan fingerprint density at radius 2 is 0.571 bits per heavy atom. The molecule has 0 aromatic rings. The number of rotatable bonds is 0. The molecular formula is C19H23NdO. The van der Waals surface area contributed by atoms with E-state index in [9.17, 15) is 0 Å². The summed E-state index contributed by atoms with van der Waals surface area (Å²) in [6, 6.07) is 0. The average molecular weight is 412 g/mol. The molecule has 4 aliphatic rings. The molecule has 0 bridgehead atoms. The molecule has 15 radical (unpaired) electrons. The Labute approximate surface area is 166 Å². The molecule has 4 rings (SSSR count). The van der Waals surface area contributed by atoms with Gasteiger partial charge in [-0.1, -0.05) is 0 Å². The van der Waals surface area contributed by atoms with Crippen molar-refractivity contribution >= 4 is 0 Å². The minimum Gasteiger partial charge on any atom is -0.381 e. The monoisotopic (exact) mass is 409 g/mol. The molecule has 3 saturated carbocycles. The minimum absolute atomic E-state index is 0. The SMILES string of the molecule is C1CCOC1.[CH]1[CH][CH][CH][CH]1.[CH]1[CH][CH][CH][CH]1.[CH]1[CH][CH][CH][CH]1.[Nd]. The maximum Gasteiger partial charge on any atom is 0.0466 e. The van der Waals surface area contributed by atoms with Crippen molar-refractivity contribution < 1.29 is 45.6 Å². The molecule has 1 saturated heterocycles. The van der Waals surface area contributed by atoms with E-state index in [0.717, 1.165) is 13.2 Å². The van der Waals surface area contributed by atoms with Gasteiger partial charge in [0.2, 0.25) is 0 Å². The van der Waals surface area contributed by atoms with Crippen molar-refractivity contribution in [1.82, 2.24) is 0 Å². The zero-order valence-electron chi connectivity index (χ0n) is 12.4. The van der Waals surface area contributed by atoms with Gasteiger partial charge in [-0.15, -0.1) is 0 Å². The van der Waals surface area contributed by atoms with Crippen molar-refractivity contribution in [3.8, 4) is 0 Å². The molecule has 109 valence electrons. The molecule has 0 N–H and O–H groups in total. The fraction of sp³-hybridized carbons (Fsp3) is 0.211. The fourth-order valence-corrected chi connectivity index (χ4v) is 1.47. The summed E-state index contributed by atoms with van der Waals surface area (Å²) in [6.45, 7) is 2.00. The Bertz CT molecular complexity index is 98.0. The van der Waals surface area contributed by atoms with Gasteiger partial charge < -0.3 is 4.74 Å². The molecule has 2 heteroatoms. The maximum atomic E-state index is 4.94. The van der Waals surface area contributed by atoms with Crippen LogP contribution >= 0.6 is 0 Å². The Morgan fingerprint density at radius 3 is 0.667 bits per heavy atom. The van der Waals surface area contributed by atoms with Crippen LogP contribution < -0.4 is 0 Å². The third-order valence-electron chi connectivity index (χ3n) is 2.49. The van der Waals surface area contributed by atoms with Crippen LogP contribution in [-0.4, -0.2) is 13.2 Å². The van der Waals surface area contributed by atoms with E-state index in [1.54, 1.807) is 0 Å². The molecule has 0 amide bonds. The van der Waals surface area contributed by atoms with Gasteiger partial charge in [0, 0.05) is 54.1 Å². The molecule has 0 aromatic carbocycles. The van der Waals surface area contributed by atoms with Crippen LogP contribution in [0.1, 0.15) is 12.8 Å². The summed E-state index contributed by atoms with van der Waals surface area (Å²) in [5, 5.41) is 0. The van der Waals surface area contributed by atoms with Crippen molar-refractivity contribution in [2.75, 3.05) is 13.2 Å². The largest absolute Gasteiger partial charge is 0.381 e. The summed E-state index contributed by atoms with van der Waals surface area (Å²) in [6.07, 6.45) is 32.6. The van der Waals surface area contributed by atoms with Gasteiger partial charge in [0.25, 0.3) is 0 Å². The minimum atomic E-state index is 0. The third kappa shape index (κ3) is 17.5. The maximum absolute atomic E-state index is 4.94. The van der Waals surface area contributed by atoms with E-state index in [-0.39, 0.29) is 40.8 Å². The Hall–Kier alpha value is 1.31. The van der Waals surface area contributed by atoms with Crippen LogP contribution in [0.2, 0.25) is 0 Å². The van der Waals surface area contributed by atoms with Crippen molar-refractivity contribution in [3.63, 3.8) is 0 Å².